The predicted octanol–water partition coefficient (Wildman–Crippen LogP) is 2.87. The fraction of sp³-hybridized carbons (Fsp3) is 0.235. The number of rotatable bonds is 6. The third kappa shape index (κ3) is 4.94. The third-order valence-corrected chi connectivity index (χ3v) is 4.16. The number of nitrogens with zero attached hydrogens (tertiary/aromatic N) is 1. The maximum atomic E-state index is 12.2. The molecule has 0 spiro atoms. The summed E-state index contributed by atoms with van der Waals surface area (Å²) in [6.45, 7) is 2.04. The second kappa shape index (κ2) is 8.66. The van der Waals surface area contributed by atoms with Crippen LogP contribution in [0.2, 0.25) is 10.0 Å². The summed E-state index contributed by atoms with van der Waals surface area (Å²) >= 11 is 11.9. The molecule has 1 unspecified atom stereocenters. The molecule has 2 rings (SSSR count). The molecule has 0 saturated carbocycles. The number of benzene rings is 1. The molecular weight excluding hydrogens is 349 g/mol. The normalized spacial score (nSPS) is 11.6. The van der Waals surface area contributed by atoms with Crippen LogP contribution in [0.15, 0.2) is 42.6 Å². The molecule has 2 N–H and O–H groups in total. The van der Waals surface area contributed by atoms with Crippen LogP contribution in [0.1, 0.15) is 23.0 Å². The second-order valence-electron chi connectivity index (χ2n) is 5.16. The zero-order chi connectivity index (χ0) is 17.5. The van der Waals surface area contributed by atoms with Gasteiger partial charge in [0.25, 0.3) is 5.91 Å². The SMILES string of the molecule is CC(NC(=O)c1cccc(Cl)c1Cl)C(=O)NCCc1ccccn1. The molecule has 0 aliphatic rings. The van der Waals surface area contributed by atoms with Gasteiger partial charge in [0.2, 0.25) is 5.91 Å². The monoisotopic (exact) mass is 365 g/mol. The van der Waals surface area contributed by atoms with Gasteiger partial charge in [-0.15, -0.1) is 0 Å². The minimum Gasteiger partial charge on any atom is -0.354 e. The minimum atomic E-state index is -0.698. The number of pyridine rings is 1. The van der Waals surface area contributed by atoms with Crippen molar-refractivity contribution in [1.29, 1.82) is 0 Å². The van der Waals surface area contributed by atoms with E-state index < -0.39 is 11.9 Å². The molecule has 24 heavy (non-hydrogen) atoms. The number of amides is 2. The lowest BCUT2D eigenvalue weighted by atomic mass is 10.2. The molecule has 2 aromatic rings. The van der Waals surface area contributed by atoms with E-state index in [1.54, 1.807) is 31.3 Å². The Balaban J connectivity index is 1.85. The number of hydrogen-bond donors (Lipinski definition) is 2. The molecule has 1 heterocycles. The first-order valence-electron chi connectivity index (χ1n) is 7.41. The van der Waals surface area contributed by atoms with E-state index in [2.05, 4.69) is 15.6 Å². The van der Waals surface area contributed by atoms with Crippen LogP contribution in [0.25, 0.3) is 0 Å². The summed E-state index contributed by atoms with van der Waals surface area (Å²) in [7, 11) is 0. The van der Waals surface area contributed by atoms with Crippen molar-refractivity contribution >= 4 is 35.0 Å². The minimum absolute atomic E-state index is 0.166. The topological polar surface area (TPSA) is 71.1 Å². The Kier molecular flexibility index (Phi) is 6.58. The molecule has 0 bridgehead atoms. The third-order valence-electron chi connectivity index (χ3n) is 3.34. The molecule has 1 aromatic heterocycles. The molecular formula is C17H17Cl2N3O2. The van der Waals surface area contributed by atoms with Crippen molar-refractivity contribution in [3.05, 3.63) is 63.9 Å². The lowest BCUT2D eigenvalue weighted by Gasteiger charge is -2.15. The van der Waals surface area contributed by atoms with E-state index in [4.69, 9.17) is 23.2 Å². The maximum absolute atomic E-state index is 12.2. The Bertz CT molecular complexity index is 723. The van der Waals surface area contributed by atoms with E-state index >= 15 is 0 Å². The van der Waals surface area contributed by atoms with Gasteiger partial charge >= 0.3 is 0 Å². The Morgan fingerprint density at radius 2 is 1.96 bits per heavy atom. The molecule has 0 saturated heterocycles. The molecule has 0 radical (unpaired) electrons. The fourth-order valence-corrected chi connectivity index (χ4v) is 2.42. The number of aromatic nitrogens is 1. The van der Waals surface area contributed by atoms with Gasteiger partial charge in [-0.2, -0.15) is 0 Å². The van der Waals surface area contributed by atoms with Crippen LogP contribution in [-0.2, 0) is 11.2 Å². The van der Waals surface area contributed by atoms with Crippen LogP contribution in [0, 0.1) is 0 Å². The van der Waals surface area contributed by atoms with E-state index in [0.29, 0.717) is 13.0 Å². The molecule has 126 valence electrons. The summed E-state index contributed by atoms with van der Waals surface area (Å²) < 4.78 is 0. The Morgan fingerprint density at radius 1 is 1.17 bits per heavy atom. The summed E-state index contributed by atoms with van der Waals surface area (Å²) in [5.41, 5.74) is 1.12. The molecule has 1 aromatic carbocycles. The van der Waals surface area contributed by atoms with Crippen molar-refractivity contribution in [3.63, 3.8) is 0 Å². The number of nitrogens with one attached hydrogen (secondary N) is 2. The van der Waals surface area contributed by atoms with Crippen molar-refractivity contribution in [2.75, 3.05) is 6.54 Å². The van der Waals surface area contributed by atoms with Crippen molar-refractivity contribution in [1.82, 2.24) is 15.6 Å². The smallest absolute Gasteiger partial charge is 0.253 e. The summed E-state index contributed by atoms with van der Waals surface area (Å²) in [4.78, 5) is 28.4. The first-order chi connectivity index (χ1) is 11.5. The van der Waals surface area contributed by atoms with Crippen molar-refractivity contribution in [2.24, 2.45) is 0 Å². The van der Waals surface area contributed by atoms with Crippen LogP contribution >= 0.6 is 23.2 Å². The quantitative estimate of drug-likeness (QED) is 0.826. The molecule has 0 aliphatic heterocycles. The summed E-state index contributed by atoms with van der Waals surface area (Å²) in [5, 5.41) is 5.82. The highest BCUT2D eigenvalue weighted by Crippen LogP contribution is 2.25. The van der Waals surface area contributed by atoms with Gasteiger partial charge in [-0.3, -0.25) is 14.6 Å². The van der Waals surface area contributed by atoms with Crippen molar-refractivity contribution < 1.29 is 9.59 Å². The van der Waals surface area contributed by atoms with Crippen LogP contribution < -0.4 is 10.6 Å². The number of carbonyl (C=O) groups excluding carboxylic acids is 2. The predicted molar refractivity (Wildman–Crippen MR) is 94.3 cm³/mol. The van der Waals surface area contributed by atoms with Crippen LogP contribution in [-0.4, -0.2) is 29.4 Å². The maximum Gasteiger partial charge on any atom is 0.253 e. The van der Waals surface area contributed by atoms with Crippen LogP contribution in [0.3, 0.4) is 0 Å². The number of hydrogen-bond acceptors (Lipinski definition) is 3. The first-order valence-corrected chi connectivity index (χ1v) is 8.17. The lowest BCUT2D eigenvalue weighted by Crippen LogP contribution is -2.45. The lowest BCUT2D eigenvalue weighted by molar-refractivity contribution is -0.122. The van der Waals surface area contributed by atoms with Gasteiger partial charge in [-0.05, 0) is 31.2 Å². The van der Waals surface area contributed by atoms with E-state index in [0.717, 1.165) is 5.69 Å². The molecule has 0 aliphatic carbocycles. The largest absolute Gasteiger partial charge is 0.354 e. The Morgan fingerprint density at radius 3 is 2.67 bits per heavy atom. The standard InChI is InChI=1S/C17H17Cl2N3O2/c1-11(16(23)21-10-8-12-5-2-3-9-20-12)22-17(24)13-6-4-7-14(18)15(13)19/h2-7,9,11H,8,10H2,1H3,(H,21,23)(H,22,24). The van der Waals surface area contributed by atoms with E-state index in [1.807, 2.05) is 18.2 Å². The van der Waals surface area contributed by atoms with Gasteiger partial charge < -0.3 is 10.6 Å². The van der Waals surface area contributed by atoms with Crippen LogP contribution in [0.4, 0.5) is 0 Å². The van der Waals surface area contributed by atoms with E-state index in [9.17, 15) is 9.59 Å². The zero-order valence-corrected chi connectivity index (χ0v) is 14.6. The highest BCUT2D eigenvalue weighted by molar-refractivity contribution is 6.43. The summed E-state index contributed by atoms with van der Waals surface area (Å²) in [6.07, 6.45) is 2.32. The van der Waals surface area contributed by atoms with Gasteiger partial charge in [-0.1, -0.05) is 35.3 Å². The Labute approximate surface area is 150 Å². The average Bonchev–Trinajstić information content (AvgIpc) is 2.58. The summed E-state index contributed by atoms with van der Waals surface area (Å²) in [5.74, 6) is -0.729. The molecule has 7 heteroatoms. The van der Waals surface area contributed by atoms with Gasteiger partial charge in [0.1, 0.15) is 6.04 Å². The van der Waals surface area contributed by atoms with Crippen molar-refractivity contribution in [2.45, 2.75) is 19.4 Å². The fourth-order valence-electron chi connectivity index (χ4n) is 2.03. The van der Waals surface area contributed by atoms with E-state index in [1.165, 1.54) is 0 Å². The second-order valence-corrected chi connectivity index (χ2v) is 5.94. The van der Waals surface area contributed by atoms with Gasteiger partial charge in [0.15, 0.2) is 0 Å². The van der Waals surface area contributed by atoms with Gasteiger partial charge in [0.05, 0.1) is 15.6 Å². The van der Waals surface area contributed by atoms with Gasteiger partial charge in [-0.25, -0.2) is 0 Å². The molecule has 1 atom stereocenters. The van der Waals surface area contributed by atoms with E-state index in [-0.39, 0.29) is 21.5 Å². The molecule has 0 fully saturated rings. The first kappa shape index (κ1) is 18.2. The molecule has 2 amide bonds. The van der Waals surface area contributed by atoms with Crippen LogP contribution in [0.5, 0.6) is 0 Å². The van der Waals surface area contributed by atoms with Gasteiger partial charge in [0, 0.05) is 24.9 Å². The molecule has 5 nitrogen and oxygen atoms in total. The highest BCUT2D eigenvalue weighted by atomic mass is 35.5. The number of halogens is 2. The summed E-state index contributed by atoms with van der Waals surface area (Å²) in [6, 6.07) is 9.68. The highest BCUT2D eigenvalue weighted by Gasteiger charge is 2.18. The average molecular weight is 366 g/mol. The van der Waals surface area contributed by atoms with Crippen molar-refractivity contribution in [3.8, 4) is 0 Å². The zero-order valence-electron chi connectivity index (χ0n) is 13.1. The number of carbonyl (C=O) groups is 2. The Hall–Kier alpha value is -2.11.